The van der Waals surface area contributed by atoms with E-state index in [1.54, 1.807) is 6.26 Å². The Bertz CT molecular complexity index is 664. The zero-order valence-corrected chi connectivity index (χ0v) is 12.5. The van der Waals surface area contributed by atoms with Gasteiger partial charge in [0.2, 0.25) is 5.89 Å². The third-order valence-electron chi connectivity index (χ3n) is 5.60. The molecule has 4 aliphatic carbocycles. The largest absolute Gasteiger partial charge is 0.459 e. The fourth-order valence-electron chi connectivity index (χ4n) is 5.34. The fraction of sp³-hybridized carbons (Fsp3) is 0.625. The van der Waals surface area contributed by atoms with E-state index in [-0.39, 0.29) is 10.3 Å². The van der Waals surface area contributed by atoms with Crippen molar-refractivity contribution in [3.8, 4) is 11.7 Å². The molecule has 0 saturated heterocycles. The van der Waals surface area contributed by atoms with Crippen molar-refractivity contribution in [3.63, 3.8) is 0 Å². The zero-order chi connectivity index (χ0) is 14.1. The molecule has 0 unspecified atom stereocenters. The van der Waals surface area contributed by atoms with Gasteiger partial charge in [-0.1, -0.05) is 0 Å². The molecule has 110 valence electrons. The molecule has 2 aromatic heterocycles. The summed E-state index contributed by atoms with van der Waals surface area (Å²) in [5, 5.41) is 8.54. The van der Waals surface area contributed by atoms with Crippen LogP contribution in [0.25, 0.3) is 11.7 Å². The predicted molar refractivity (Wildman–Crippen MR) is 76.9 cm³/mol. The first-order valence-corrected chi connectivity index (χ1v) is 8.09. The molecule has 0 spiro atoms. The Morgan fingerprint density at radius 3 is 2.62 bits per heavy atom. The lowest BCUT2D eigenvalue weighted by atomic mass is 9.49. The number of alkyl halides is 1. The van der Waals surface area contributed by atoms with Gasteiger partial charge in [-0.2, -0.15) is 0 Å². The summed E-state index contributed by atoms with van der Waals surface area (Å²) < 4.78 is 11.3. The molecule has 0 aromatic carbocycles. The van der Waals surface area contributed by atoms with Crippen molar-refractivity contribution in [1.29, 1.82) is 0 Å². The van der Waals surface area contributed by atoms with Gasteiger partial charge in [-0.05, 0) is 62.5 Å². The summed E-state index contributed by atoms with van der Waals surface area (Å²) in [5.74, 6) is 3.34. The van der Waals surface area contributed by atoms with Crippen LogP contribution in [-0.4, -0.2) is 15.1 Å². The minimum atomic E-state index is -0.0383. The summed E-state index contributed by atoms with van der Waals surface area (Å²) in [6.45, 7) is 0. The van der Waals surface area contributed by atoms with Crippen molar-refractivity contribution in [3.05, 3.63) is 24.3 Å². The molecule has 2 aromatic rings. The SMILES string of the molecule is ClC12C[C@H]3C[C@H](C1)CC(c1nnc(-c4ccco4)o1)(C3)C2. The van der Waals surface area contributed by atoms with Crippen LogP contribution in [0.3, 0.4) is 0 Å². The normalized spacial score (nSPS) is 40.8. The number of rotatable bonds is 2. The molecular formula is C16H17ClN2O2. The Labute approximate surface area is 127 Å². The third-order valence-corrected chi connectivity index (χ3v) is 6.04. The highest BCUT2D eigenvalue weighted by Crippen LogP contribution is 2.64. The highest BCUT2D eigenvalue weighted by Gasteiger charge is 2.59. The summed E-state index contributed by atoms with van der Waals surface area (Å²) in [6, 6.07) is 3.68. The van der Waals surface area contributed by atoms with Gasteiger partial charge in [0.1, 0.15) is 0 Å². The standard InChI is InChI=1S/C16H17ClN2O2/c17-16-7-10-4-11(8-16)6-15(5-10,9-16)14-19-18-13(21-14)12-2-1-3-20-12/h1-3,10-11H,4-9H2/t10-,11-,15?,16?/m0/s1. The Morgan fingerprint density at radius 1 is 1.14 bits per heavy atom. The summed E-state index contributed by atoms with van der Waals surface area (Å²) in [5.41, 5.74) is 0.00365. The molecule has 4 fully saturated rings. The number of aromatic nitrogens is 2. The summed E-state index contributed by atoms with van der Waals surface area (Å²) >= 11 is 6.87. The molecule has 2 heterocycles. The Hall–Kier alpha value is -1.29. The maximum Gasteiger partial charge on any atom is 0.283 e. The van der Waals surface area contributed by atoms with Crippen LogP contribution in [0.5, 0.6) is 0 Å². The van der Waals surface area contributed by atoms with Gasteiger partial charge in [0.15, 0.2) is 5.76 Å². The van der Waals surface area contributed by atoms with Crippen LogP contribution in [0.4, 0.5) is 0 Å². The van der Waals surface area contributed by atoms with Crippen molar-refractivity contribution < 1.29 is 8.83 Å². The Balaban J connectivity index is 1.55. The molecule has 6 rings (SSSR count). The minimum Gasteiger partial charge on any atom is -0.459 e. The molecule has 0 amide bonds. The van der Waals surface area contributed by atoms with Gasteiger partial charge < -0.3 is 8.83 Å². The second-order valence-corrected chi connectivity index (χ2v) is 8.08. The molecule has 4 saturated carbocycles. The Morgan fingerprint density at radius 2 is 1.95 bits per heavy atom. The van der Waals surface area contributed by atoms with Crippen LogP contribution in [0, 0.1) is 11.8 Å². The highest BCUT2D eigenvalue weighted by molar-refractivity contribution is 6.24. The maximum absolute atomic E-state index is 6.87. The van der Waals surface area contributed by atoms with Crippen molar-refractivity contribution in [2.75, 3.05) is 0 Å². The van der Waals surface area contributed by atoms with Gasteiger partial charge in [0.05, 0.1) is 11.7 Å². The van der Waals surface area contributed by atoms with E-state index in [0.29, 0.717) is 11.7 Å². The van der Waals surface area contributed by atoms with Gasteiger partial charge in [0.25, 0.3) is 5.89 Å². The first-order valence-electron chi connectivity index (χ1n) is 7.71. The van der Waals surface area contributed by atoms with Crippen molar-refractivity contribution >= 4 is 11.6 Å². The van der Waals surface area contributed by atoms with Crippen LogP contribution in [0.2, 0.25) is 0 Å². The molecule has 4 bridgehead atoms. The van der Waals surface area contributed by atoms with Gasteiger partial charge in [0, 0.05) is 4.87 Å². The van der Waals surface area contributed by atoms with Crippen molar-refractivity contribution in [2.45, 2.75) is 48.8 Å². The highest BCUT2D eigenvalue weighted by atomic mass is 35.5. The van der Waals surface area contributed by atoms with Crippen LogP contribution in [-0.2, 0) is 5.41 Å². The lowest BCUT2D eigenvalue weighted by Crippen LogP contribution is -2.55. The maximum atomic E-state index is 6.87. The smallest absolute Gasteiger partial charge is 0.283 e. The first kappa shape index (κ1) is 12.3. The fourth-order valence-corrected chi connectivity index (χ4v) is 6.03. The summed E-state index contributed by atoms with van der Waals surface area (Å²) in [7, 11) is 0. The third kappa shape index (κ3) is 1.75. The van der Waals surface area contributed by atoms with E-state index in [4.69, 9.17) is 20.4 Å². The lowest BCUT2D eigenvalue weighted by molar-refractivity contribution is -0.00427. The van der Waals surface area contributed by atoms with E-state index in [1.165, 1.54) is 6.42 Å². The topological polar surface area (TPSA) is 52.1 Å². The second kappa shape index (κ2) is 3.92. The molecule has 5 heteroatoms. The van der Waals surface area contributed by atoms with Crippen LogP contribution in [0.15, 0.2) is 27.2 Å². The van der Waals surface area contributed by atoms with Crippen molar-refractivity contribution in [1.82, 2.24) is 10.2 Å². The second-order valence-electron chi connectivity index (χ2n) is 7.28. The van der Waals surface area contributed by atoms with E-state index in [9.17, 15) is 0 Å². The Kier molecular flexibility index (Phi) is 2.29. The summed E-state index contributed by atoms with van der Waals surface area (Å²) in [6.07, 6.45) is 8.55. The van der Waals surface area contributed by atoms with Gasteiger partial charge in [-0.3, -0.25) is 0 Å². The molecule has 0 radical (unpaired) electrons. The summed E-state index contributed by atoms with van der Waals surface area (Å²) in [4.78, 5) is -0.0383. The zero-order valence-electron chi connectivity index (χ0n) is 11.7. The number of nitrogens with zero attached hydrogens (tertiary/aromatic N) is 2. The van der Waals surface area contributed by atoms with E-state index in [2.05, 4.69) is 10.2 Å². The van der Waals surface area contributed by atoms with E-state index >= 15 is 0 Å². The van der Waals surface area contributed by atoms with Crippen molar-refractivity contribution in [2.24, 2.45) is 11.8 Å². The quantitative estimate of drug-likeness (QED) is 0.782. The van der Waals surface area contributed by atoms with E-state index in [1.807, 2.05) is 12.1 Å². The van der Waals surface area contributed by atoms with E-state index in [0.717, 1.165) is 49.8 Å². The van der Waals surface area contributed by atoms with Crippen LogP contribution < -0.4 is 0 Å². The van der Waals surface area contributed by atoms with Gasteiger partial charge in [-0.15, -0.1) is 21.8 Å². The van der Waals surface area contributed by atoms with Crippen LogP contribution >= 0.6 is 11.6 Å². The number of hydrogen-bond donors (Lipinski definition) is 0. The first-order chi connectivity index (χ1) is 10.1. The van der Waals surface area contributed by atoms with Crippen LogP contribution in [0.1, 0.15) is 44.4 Å². The molecule has 4 aliphatic rings. The molecular weight excluding hydrogens is 288 g/mol. The molecule has 0 N–H and O–H groups in total. The average molecular weight is 305 g/mol. The molecule has 0 aliphatic heterocycles. The monoisotopic (exact) mass is 304 g/mol. The number of hydrogen-bond acceptors (Lipinski definition) is 4. The average Bonchev–Trinajstić information content (AvgIpc) is 3.07. The predicted octanol–water partition coefficient (Wildman–Crippen LogP) is 4.16. The molecule has 4 nitrogen and oxygen atoms in total. The molecule has 21 heavy (non-hydrogen) atoms. The van der Waals surface area contributed by atoms with E-state index < -0.39 is 0 Å². The lowest BCUT2D eigenvalue weighted by Gasteiger charge is -2.58. The number of furan rings is 1. The van der Waals surface area contributed by atoms with Gasteiger partial charge >= 0.3 is 0 Å². The molecule has 2 atom stereocenters. The number of halogens is 1. The van der Waals surface area contributed by atoms with Gasteiger partial charge in [-0.25, -0.2) is 0 Å². The minimum absolute atomic E-state index is 0.00365.